The van der Waals surface area contributed by atoms with Gasteiger partial charge in [0, 0.05) is 17.8 Å². The summed E-state index contributed by atoms with van der Waals surface area (Å²) in [5.41, 5.74) is 0.261. The minimum atomic E-state index is -0.497. The number of thiazole rings is 1. The van der Waals surface area contributed by atoms with E-state index in [0.29, 0.717) is 15.3 Å². The molecule has 7 nitrogen and oxygen atoms in total. The minimum absolute atomic E-state index is 0.108. The van der Waals surface area contributed by atoms with E-state index in [1.807, 2.05) is 6.26 Å². The van der Waals surface area contributed by atoms with Crippen LogP contribution in [0.1, 0.15) is 17.3 Å². The van der Waals surface area contributed by atoms with Crippen LogP contribution >= 0.6 is 34.9 Å². The Hall–Kier alpha value is -1.65. The minimum Gasteiger partial charge on any atom is -0.462 e. The maximum Gasteiger partial charge on any atom is 0.342 e. The van der Waals surface area contributed by atoms with Crippen molar-refractivity contribution in [1.29, 1.82) is 0 Å². The highest BCUT2D eigenvalue weighted by Crippen LogP contribution is 2.23. The normalized spacial score (nSPS) is 10.3. The Balaban J connectivity index is 2.07. The van der Waals surface area contributed by atoms with Crippen LogP contribution in [0.2, 0.25) is 0 Å². The van der Waals surface area contributed by atoms with Gasteiger partial charge in [0.1, 0.15) is 10.6 Å². The number of carbonyl (C=O) groups is 2. The molecule has 2 aromatic heterocycles. The Morgan fingerprint density at radius 2 is 2.22 bits per heavy atom. The zero-order valence-corrected chi connectivity index (χ0v) is 14.9. The molecule has 0 saturated heterocycles. The van der Waals surface area contributed by atoms with Crippen molar-refractivity contribution < 1.29 is 14.3 Å². The number of carbonyl (C=O) groups excluding carboxylic acids is 2. The molecule has 10 heteroatoms. The van der Waals surface area contributed by atoms with Crippen molar-refractivity contribution >= 4 is 51.9 Å². The molecule has 0 unspecified atom stereocenters. The van der Waals surface area contributed by atoms with Crippen LogP contribution in [0.25, 0.3) is 0 Å². The van der Waals surface area contributed by atoms with E-state index < -0.39 is 5.97 Å². The van der Waals surface area contributed by atoms with Crippen LogP contribution < -0.4 is 5.32 Å². The molecule has 0 saturated carbocycles. The Morgan fingerprint density at radius 3 is 2.87 bits per heavy atom. The van der Waals surface area contributed by atoms with Gasteiger partial charge in [-0.15, -0.1) is 11.3 Å². The fourth-order valence-corrected chi connectivity index (χ4v) is 3.21. The second-order valence-electron chi connectivity index (χ2n) is 3.97. The van der Waals surface area contributed by atoms with E-state index in [1.54, 1.807) is 18.5 Å². The Labute approximate surface area is 145 Å². The topological polar surface area (TPSA) is 94.1 Å². The van der Waals surface area contributed by atoms with Gasteiger partial charge in [-0.05, 0) is 13.2 Å². The quantitative estimate of drug-likeness (QED) is 0.344. The smallest absolute Gasteiger partial charge is 0.342 e. The number of aromatic nitrogens is 3. The molecule has 2 aromatic rings. The Kier molecular flexibility index (Phi) is 6.81. The average Bonchev–Trinajstić information content (AvgIpc) is 3.05. The van der Waals surface area contributed by atoms with Gasteiger partial charge < -0.3 is 10.1 Å². The average molecular weight is 370 g/mol. The summed E-state index contributed by atoms with van der Waals surface area (Å²) in [4.78, 5) is 36.2. The van der Waals surface area contributed by atoms with E-state index in [9.17, 15) is 9.59 Å². The number of amides is 1. The molecule has 122 valence electrons. The number of nitrogens with zero attached hydrogens (tertiary/aromatic N) is 3. The van der Waals surface area contributed by atoms with E-state index in [1.165, 1.54) is 29.3 Å². The molecule has 0 atom stereocenters. The first-order chi connectivity index (χ1) is 11.1. The summed E-state index contributed by atoms with van der Waals surface area (Å²) in [6.07, 6.45) is 4.88. The first-order valence-corrected chi connectivity index (χ1v) is 9.63. The van der Waals surface area contributed by atoms with Gasteiger partial charge in [-0.3, -0.25) is 4.79 Å². The first kappa shape index (κ1) is 17.7. The van der Waals surface area contributed by atoms with Crippen LogP contribution in [0.3, 0.4) is 0 Å². The Morgan fingerprint density at radius 1 is 1.39 bits per heavy atom. The molecule has 2 heterocycles. The fourth-order valence-electron chi connectivity index (χ4n) is 1.48. The SMILES string of the molecule is CCOC(=O)c1cnc(SC)nc1SCC(=O)Nc1nccs1. The van der Waals surface area contributed by atoms with Crippen LogP contribution in [0.4, 0.5) is 5.13 Å². The lowest BCUT2D eigenvalue weighted by Gasteiger charge is -2.08. The predicted molar refractivity (Wildman–Crippen MR) is 91.2 cm³/mol. The van der Waals surface area contributed by atoms with Crippen LogP contribution in [-0.2, 0) is 9.53 Å². The van der Waals surface area contributed by atoms with Gasteiger partial charge in [-0.1, -0.05) is 23.5 Å². The molecule has 23 heavy (non-hydrogen) atoms. The molecule has 0 radical (unpaired) electrons. The van der Waals surface area contributed by atoms with Crippen molar-refractivity contribution in [2.75, 3.05) is 23.9 Å². The van der Waals surface area contributed by atoms with Crippen LogP contribution in [-0.4, -0.2) is 45.4 Å². The predicted octanol–water partition coefficient (Wildman–Crippen LogP) is 2.56. The highest BCUT2D eigenvalue weighted by atomic mass is 32.2. The number of esters is 1. The second-order valence-corrected chi connectivity index (χ2v) is 6.60. The molecule has 0 aliphatic carbocycles. The number of nitrogens with one attached hydrogen (secondary N) is 1. The number of hydrogen-bond donors (Lipinski definition) is 1. The van der Waals surface area contributed by atoms with E-state index in [4.69, 9.17) is 4.74 Å². The van der Waals surface area contributed by atoms with E-state index in [2.05, 4.69) is 20.3 Å². The number of hydrogen-bond acceptors (Lipinski definition) is 9. The highest BCUT2D eigenvalue weighted by molar-refractivity contribution is 8.00. The van der Waals surface area contributed by atoms with Crippen molar-refractivity contribution in [3.8, 4) is 0 Å². The third-order valence-electron chi connectivity index (χ3n) is 2.43. The standard InChI is InChI=1S/C13H14N4O3S3/c1-3-20-11(19)8-6-15-12(21-2)17-10(8)23-7-9(18)16-13-14-4-5-22-13/h4-6H,3,7H2,1-2H3,(H,14,16,18). The van der Waals surface area contributed by atoms with Gasteiger partial charge in [0.15, 0.2) is 10.3 Å². The van der Waals surface area contributed by atoms with Gasteiger partial charge in [0.25, 0.3) is 0 Å². The van der Waals surface area contributed by atoms with E-state index in [-0.39, 0.29) is 23.8 Å². The Bertz CT molecular complexity index is 679. The fraction of sp³-hybridized carbons (Fsp3) is 0.308. The molecule has 1 amide bonds. The monoisotopic (exact) mass is 370 g/mol. The van der Waals surface area contributed by atoms with Gasteiger partial charge in [0.05, 0.1) is 12.4 Å². The summed E-state index contributed by atoms with van der Waals surface area (Å²) in [6, 6.07) is 0. The maximum absolute atomic E-state index is 11.9. The number of ether oxygens (including phenoxy) is 1. The van der Waals surface area contributed by atoms with Crippen molar-refractivity contribution in [2.45, 2.75) is 17.1 Å². The van der Waals surface area contributed by atoms with Crippen LogP contribution in [0.15, 0.2) is 28.0 Å². The summed E-state index contributed by atoms with van der Waals surface area (Å²) >= 11 is 3.86. The number of rotatable bonds is 7. The first-order valence-electron chi connectivity index (χ1n) is 6.54. The molecule has 0 aromatic carbocycles. The van der Waals surface area contributed by atoms with Gasteiger partial charge in [-0.25, -0.2) is 19.7 Å². The molecule has 2 rings (SSSR count). The van der Waals surface area contributed by atoms with Gasteiger partial charge >= 0.3 is 5.97 Å². The molecule has 0 spiro atoms. The summed E-state index contributed by atoms with van der Waals surface area (Å²) in [6.45, 7) is 1.99. The third kappa shape index (κ3) is 5.19. The zero-order chi connectivity index (χ0) is 16.7. The summed E-state index contributed by atoms with van der Waals surface area (Å²) in [5, 5.41) is 5.94. The second kappa shape index (κ2) is 8.85. The lowest BCUT2D eigenvalue weighted by Crippen LogP contribution is -2.15. The summed E-state index contributed by atoms with van der Waals surface area (Å²) < 4.78 is 4.99. The third-order valence-corrected chi connectivity index (χ3v) is 4.67. The largest absolute Gasteiger partial charge is 0.462 e. The van der Waals surface area contributed by atoms with Crippen molar-refractivity contribution in [2.24, 2.45) is 0 Å². The number of thioether (sulfide) groups is 2. The zero-order valence-electron chi connectivity index (χ0n) is 12.4. The molecule has 1 N–H and O–H groups in total. The molecule has 0 fully saturated rings. The van der Waals surface area contributed by atoms with E-state index >= 15 is 0 Å². The molecular formula is C13H14N4O3S3. The van der Waals surface area contributed by atoms with Gasteiger partial charge in [0.2, 0.25) is 5.91 Å². The summed E-state index contributed by atoms with van der Waals surface area (Å²) in [7, 11) is 0. The van der Waals surface area contributed by atoms with Crippen molar-refractivity contribution in [1.82, 2.24) is 15.0 Å². The van der Waals surface area contributed by atoms with Gasteiger partial charge in [-0.2, -0.15) is 0 Å². The van der Waals surface area contributed by atoms with E-state index in [0.717, 1.165) is 11.8 Å². The lowest BCUT2D eigenvalue weighted by atomic mass is 10.3. The van der Waals surface area contributed by atoms with Crippen LogP contribution in [0, 0.1) is 0 Å². The number of anilines is 1. The summed E-state index contributed by atoms with van der Waals surface area (Å²) in [5.74, 6) is -0.608. The lowest BCUT2D eigenvalue weighted by molar-refractivity contribution is -0.113. The molecule has 0 aliphatic rings. The van der Waals surface area contributed by atoms with Crippen LogP contribution in [0.5, 0.6) is 0 Å². The maximum atomic E-state index is 11.9. The molecule has 0 bridgehead atoms. The van der Waals surface area contributed by atoms with Crippen molar-refractivity contribution in [3.05, 3.63) is 23.3 Å². The molecular weight excluding hydrogens is 356 g/mol. The molecule has 0 aliphatic heterocycles. The van der Waals surface area contributed by atoms with Crippen molar-refractivity contribution in [3.63, 3.8) is 0 Å². The highest BCUT2D eigenvalue weighted by Gasteiger charge is 2.17.